The molecule has 3 rings (SSSR count). The Labute approximate surface area is 168 Å². The van der Waals surface area contributed by atoms with Gasteiger partial charge in [-0.15, -0.1) is 0 Å². The maximum atomic E-state index is 12.3. The van der Waals surface area contributed by atoms with Crippen LogP contribution in [0.4, 0.5) is 5.95 Å². The Morgan fingerprint density at radius 2 is 2.07 bits per heavy atom. The molecule has 6 atom stereocenters. The normalized spacial score (nSPS) is 24.7. The summed E-state index contributed by atoms with van der Waals surface area (Å²) >= 11 is 0. The molecular weight excluding hydrogens is 406 g/mol. The van der Waals surface area contributed by atoms with Gasteiger partial charge in [-0.25, -0.2) is 4.98 Å². The van der Waals surface area contributed by atoms with Crippen molar-refractivity contribution in [2.75, 3.05) is 18.5 Å². The first kappa shape index (κ1) is 22.2. The van der Waals surface area contributed by atoms with Crippen molar-refractivity contribution < 1.29 is 40.2 Å². The predicted octanol–water partition coefficient (Wildman–Crippen LogP) is -3.84. The van der Waals surface area contributed by atoms with Crippen LogP contribution in [0.1, 0.15) is 19.1 Å². The number of ether oxygens (including phenoxy) is 1. The van der Waals surface area contributed by atoms with Crippen molar-refractivity contribution in [1.29, 1.82) is 0 Å². The number of aliphatic hydroxyl groups excluding tert-OH is 6. The predicted molar refractivity (Wildman–Crippen MR) is 98.1 cm³/mol. The smallest absolute Gasteiger partial charge is 0.280 e. The van der Waals surface area contributed by atoms with Gasteiger partial charge in [-0.2, -0.15) is 4.98 Å². The number of nitrogens with one attached hydrogen (secondary N) is 2. The Morgan fingerprint density at radius 3 is 2.70 bits per heavy atom. The number of H-pyrrole nitrogens is 1. The number of hydrogen-bond donors (Lipinski definition) is 8. The number of aromatic amines is 1. The summed E-state index contributed by atoms with van der Waals surface area (Å²) in [5.74, 6) is -1.33. The molecule has 1 aliphatic rings. The lowest BCUT2D eigenvalue weighted by Crippen LogP contribution is -2.38. The van der Waals surface area contributed by atoms with Crippen LogP contribution >= 0.6 is 0 Å². The zero-order valence-corrected chi connectivity index (χ0v) is 15.6. The standard InChI is InChI=1S/C16H23N5O9/c22-3-9(27)6(24)1-8(26)14(28)19-16-18-13-12(15(29)20-16)17-5-21(13)11-2-7(25)10(4-23)30-11/h5-11,22-27H,1-4H2,(H2,18,19,20,28,29)/t6?,7-,8+,9?,10+,11+/m0/s1. The van der Waals surface area contributed by atoms with Gasteiger partial charge in [-0.1, -0.05) is 0 Å². The third-order valence-corrected chi connectivity index (χ3v) is 4.77. The van der Waals surface area contributed by atoms with Crippen LogP contribution in [-0.4, -0.2) is 99.8 Å². The highest BCUT2D eigenvalue weighted by Crippen LogP contribution is 2.30. The lowest BCUT2D eigenvalue weighted by molar-refractivity contribution is -0.127. The van der Waals surface area contributed by atoms with Crippen molar-refractivity contribution in [3.8, 4) is 0 Å². The second kappa shape index (κ2) is 9.13. The lowest BCUT2D eigenvalue weighted by atomic mass is 10.1. The summed E-state index contributed by atoms with van der Waals surface area (Å²) in [7, 11) is 0. The minimum atomic E-state index is -1.76. The molecule has 0 aliphatic carbocycles. The maximum absolute atomic E-state index is 12.3. The van der Waals surface area contributed by atoms with Gasteiger partial charge < -0.3 is 35.4 Å². The third-order valence-electron chi connectivity index (χ3n) is 4.77. The molecule has 0 saturated carbocycles. The van der Waals surface area contributed by atoms with Crippen molar-refractivity contribution >= 4 is 23.0 Å². The third kappa shape index (κ3) is 4.49. The fraction of sp³-hybridized carbons (Fsp3) is 0.625. The summed E-state index contributed by atoms with van der Waals surface area (Å²) in [5, 5.41) is 58.9. The van der Waals surface area contributed by atoms with E-state index in [1.807, 2.05) is 0 Å². The molecule has 1 saturated heterocycles. The first-order chi connectivity index (χ1) is 14.2. The molecule has 0 bridgehead atoms. The Bertz CT molecular complexity index is 947. The van der Waals surface area contributed by atoms with Gasteiger partial charge >= 0.3 is 0 Å². The molecule has 30 heavy (non-hydrogen) atoms. The molecule has 0 aromatic carbocycles. The molecule has 3 heterocycles. The van der Waals surface area contributed by atoms with Crippen molar-refractivity contribution in [3.63, 3.8) is 0 Å². The monoisotopic (exact) mass is 429 g/mol. The van der Waals surface area contributed by atoms with Crippen LogP contribution in [0.2, 0.25) is 0 Å². The van der Waals surface area contributed by atoms with E-state index in [1.54, 1.807) is 0 Å². The number of carbonyl (C=O) groups is 1. The number of carbonyl (C=O) groups excluding carboxylic acids is 1. The van der Waals surface area contributed by atoms with Gasteiger partial charge in [0.25, 0.3) is 11.5 Å². The van der Waals surface area contributed by atoms with E-state index >= 15 is 0 Å². The Hall–Kier alpha value is -2.46. The fourth-order valence-corrected chi connectivity index (χ4v) is 3.06. The van der Waals surface area contributed by atoms with Crippen molar-refractivity contribution in [2.24, 2.45) is 0 Å². The molecule has 1 fully saturated rings. The molecule has 166 valence electrons. The van der Waals surface area contributed by atoms with Gasteiger partial charge in [0.2, 0.25) is 5.95 Å². The molecule has 0 radical (unpaired) electrons. The van der Waals surface area contributed by atoms with Crippen LogP contribution in [0.15, 0.2) is 11.1 Å². The summed E-state index contributed by atoms with van der Waals surface area (Å²) in [5.41, 5.74) is -0.702. The molecule has 2 aromatic rings. The zero-order chi connectivity index (χ0) is 22.0. The van der Waals surface area contributed by atoms with E-state index in [1.165, 1.54) is 10.9 Å². The fourth-order valence-electron chi connectivity index (χ4n) is 3.06. The maximum Gasteiger partial charge on any atom is 0.280 e. The van der Waals surface area contributed by atoms with E-state index in [0.29, 0.717) is 0 Å². The average Bonchev–Trinajstić information content (AvgIpc) is 3.30. The number of aliphatic hydroxyl groups is 6. The van der Waals surface area contributed by atoms with Crippen LogP contribution in [0, 0.1) is 0 Å². The number of imidazole rings is 1. The second-order valence-corrected chi connectivity index (χ2v) is 6.91. The Kier molecular flexibility index (Phi) is 6.77. The summed E-state index contributed by atoms with van der Waals surface area (Å²) in [4.78, 5) is 34.7. The first-order valence-corrected chi connectivity index (χ1v) is 9.12. The summed E-state index contributed by atoms with van der Waals surface area (Å²) in [6.45, 7) is -1.14. The molecular formula is C16H23N5O9. The van der Waals surface area contributed by atoms with E-state index in [4.69, 9.17) is 9.84 Å². The van der Waals surface area contributed by atoms with E-state index in [9.17, 15) is 35.1 Å². The molecule has 0 spiro atoms. The van der Waals surface area contributed by atoms with Gasteiger partial charge in [-0.3, -0.25) is 24.5 Å². The Morgan fingerprint density at radius 1 is 1.33 bits per heavy atom. The van der Waals surface area contributed by atoms with Crippen LogP contribution in [0.5, 0.6) is 0 Å². The number of anilines is 1. The van der Waals surface area contributed by atoms with E-state index in [2.05, 4.69) is 20.3 Å². The van der Waals surface area contributed by atoms with Crippen LogP contribution in [-0.2, 0) is 9.53 Å². The average molecular weight is 429 g/mol. The van der Waals surface area contributed by atoms with Crippen LogP contribution in [0.25, 0.3) is 11.2 Å². The number of fused-ring (bicyclic) bond motifs is 1. The van der Waals surface area contributed by atoms with Gasteiger partial charge in [-0.05, 0) is 0 Å². The second-order valence-electron chi connectivity index (χ2n) is 6.91. The van der Waals surface area contributed by atoms with E-state index in [-0.39, 0.29) is 23.5 Å². The highest BCUT2D eigenvalue weighted by atomic mass is 16.5. The van der Waals surface area contributed by atoms with Crippen LogP contribution < -0.4 is 10.9 Å². The number of hydrogen-bond acceptors (Lipinski definition) is 11. The minimum absolute atomic E-state index is 0.0371. The molecule has 8 N–H and O–H groups in total. The molecule has 14 heteroatoms. The SMILES string of the molecule is O=C(Nc1nc2c(ncn2[C@H]2C[C@H](O)[C@@H](CO)O2)c(=O)[nH]1)[C@H](O)CC(O)C(O)CO. The van der Waals surface area contributed by atoms with Crippen molar-refractivity contribution in [1.82, 2.24) is 19.5 Å². The molecule has 1 amide bonds. The van der Waals surface area contributed by atoms with Gasteiger partial charge in [0.1, 0.15) is 24.5 Å². The minimum Gasteiger partial charge on any atom is -0.394 e. The van der Waals surface area contributed by atoms with Crippen molar-refractivity contribution in [3.05, 3.63) is 16.7 Å². The quantitative estimate of drug-likeness (QED) is 0.203. The lowest BCUT2D eigenvalue weighted by Gasteiger charge is -2.18. The largest absolute Gasteiger partial charge is 0.394 e. The number of rotatable bonds is 8. The molecule has 2 aromatic heterocycles. The summed E-state index contributed by atoms with van der Waals surface area (Å²) in [6, 6.07) is 0. The molecule has 1 aliphatic heterocycles. The van der Waals surface area contributed by atoms with Crippen LogP contribution in [0.3, 0.4) is 0 Å². The molecule has 14 nitrogen and oxygen atoms in total. The van der Waals surface area contributed by atoms with Gasteiger partial charge in [0.15, 0.2) is 11.2 Å². The number of amides is 1. The topological polar surface area (TPSA) is 223 Å². The van der Waals surface area contributed by atoms with Gasteiger partial charge in [0.05, 0.1) is 31.7 Å². The number of nitrogens with zero attached hydrogens (tertiary/aromatic N) is 3. The summed E-state index contributed by atoms with van der Waals surface area (Å²) < 4.78 is 6.89. The van der Waals surface area contributed by atoms with E-state index < -0.39 is 67.8 Å². The first-order valence-electron chi connectivity index (χ1n) is 9.12. The Balaban J connectivity index is 1.79. The van der Waals surface area contributed by atoms with Crippen molar-refractivity contribution in [2.45, 2.75) is 49.6 Å². The highest BCUT2D eigenvalue weighted by Gasteiger charge is 2.35. The van der Waals surface area contributed by atoms with Gasteiger partial charge in [0, 0.05) is 12.8 Å². The summed E-state index contributed by atoms with van der Waals surface area (Å²) in [6.07, 6.45) is -6.47. The zero-order valence-electron chi connectivity index (χ0n) is 15.6. The number of aromatic nitrogens is 4. The molecule has 2 unspecified atom stereocenters. The van der Waals surface area contributed by atoms with E-state index in [0.717, 1.165) is 0 Å². The highest BCUT2D eigenvalue weighted by molar-refractivity contribution is 5.93.